The van der Waals surface area contributed by atoms with E-state index in [1.165, 1.54) is 4.57 Å². The molecule has 0 saturated carbocycles. The number of aromatic nitrogens is 3. The van der Waals surface area contributed by atoms with E-state index in [-0.39, 0.29) is 12.2 Å². The van der Waals surface area contributed by atoms with E-state index < -0.39 is 6.04 Å². The minimum absolute atomic E-state index is 0.177. The van der Waals surface area contributed by atoms with Crippen molar-refractivity contribution in [3.63, 3.8) is 0 Å². The van der Waals surface area contributed by atoms with Crippen LogP contribution in [0.5, 0.6) is 0 Å². The number of halogens is 1. The number of anilines is 3. The number of aliphatic hydroxyl groups excluding tert-OH is 1. The lowest BCUT2D eigenvalue weighted by Gasteiger charge is -2.36. The zero-order valence-electron chi connectivity index (χ0n) is 20.5. The van der Waals surface area contributed by atoms with Gasteiger partial charge in [0, 0.05) is 56.5 Å². The van der Waals surface area contributed by atoms with Gasteiger partial charge in [-0.15, -0.1) is 0 Å². The lowest BCUT2D eigenvalue weighted by molar-refractivity contribution is 0.134. The second-order valence-corrected chi connectivity index (χ2v) is 9.05. The van der Waals surface area contributed by atoms with Crippen molar-refractivity contribution >= 4 is 33.4 Å². The molecule has 0 aromatic carbocycles. The van der Waals surface area contributed by atoms with Gasteiger partial charge in [0.25, 0.3) is 5.56 Å². The number of hydrogen-bond donors (Lipinski definition) is 3. The molecule has 3 rings (SSSR count). The zero-order chi connectivity index (χ0) is 26.1. The van der Waals surface area contributed by atoms with Crippen molar-refractivity contribution in [2.75, 3.05) is 50.0 Å². The van der Waals surface area contributed by atoms with Crippen molar-refractivity contribution < 1.29 is 5.11 Å². The maximum Gasteiger partial charge on any atom is 0.275 e. The number of nitrogens with one attached hydrogen (secondary N) is 2. The highest BCUT2D eigenvalue weighted by atomic mass is 79.9. The van der Waals surface area contributed by atoms with Crippen molar-refractivity contribution in [2.45, 2.75) is 19.9 Å². The van der Waals surface area contributed by atoms with E-state index in [0.29, 0.717) is 28.5 Å². The third kappa shape index (κ3) is 7.04. The third-order valence-electron chi connectivity index (χ3n) is 5.79. The highest BCUT2D eigenvalue weighted by molar-refractivity contribution is 9.10. The molecule has 3 heterocycles. The molecular formula is C25H31BrN8O2. The molecule has 0 unspecified atom stereocenters. The van der Waals surface area contributed by atoms with Crippen molar-refractivity contribution in [3.05, 3.63) is 75.6 Å². The van der Waals surface area contributed by atoms with Crippen molar-refractivity contribution in [1.82, 2.24) is 24.3 Å². The molecule has 0 aliphatic carbocycles. The van der Waals surface area contributed by atoms with Crippen LogP contribution >= 0.6 is 15.9 Å². The van der Waals surface area contributed by atoms with Crippen LogP contribution in [0.15, 0.2) is 70.0 Å². The molecule has 1 saturated heterocycles. The third-order valence-corrected chi connectivity index (χ3v) is 6.37. The number of rotatable bonds is 10. The maximum atomic E-state index is 12.8. The minimum atomic E-state index is -0.589. The van der Waals surface area contributed by atoms with Gasteiger partial charge in [-0.3, -0.25) is 14.3 Å². The van der Waals surface area contributed by atoms with Gasteiger partial charge in [-0.25, -0.2) is 4.98 Å². The smallest absolute Gasteiger partial charge is 0.275 e. The fourth-order valence-electron chi connectivity index (χ4n) is 3.65. The fourth-order valence-corrected chi connectivity index (χ4v) is 3.94. The number of piperazine rings is 1. The molecule has 1 aliphatic rings. The van der Waals surface area contributed by atoms with Gasteiger partial charge < -0.3 is 20.6 Å². The predicted molar refractivity (Wildman–Crippen MR) is 145 cm³/mol. The molecule has 36 heavy (non-hydrogen) atoms. The Bertz CT molecular complexity index is 1230. The summed E-state index contributed by atoms with van der Waals surface area (Å²) in [7, 11) is 0. The highest BCUT2D eigenvalue weighted by Crippen LogP contribution is 2.23. The summed E-state index contributed by atoms with van der Waals surface area (Å²) in [5.74, 6) is 0.764. The van der Waals surface area contributed by atoms with E-state index in [1.54, 1.807) is 31.5 Å². The first-order valence-corrected chi connectivity index (χ1v) is 12.4. The summed E-state index contributed by atoms with van der Waals surface area (Å²) < 4.78 is 1.95. The summed E-state index contributed by atoms with van der Waals surface area (Å²) in [5.41, 5.74) is 1.67. The summed E-state index contributed by atoms with van der Waals surface area (Å²) >= 11 is 3.43. The van der Waals surface area contributed by atoms with Crippen LogP contribution in [0, 0.1) is 11.3 Å². The Kier molecular flexibility index (Phi) is 9.81. The van der Waals surface area contributed by atoms with Gasteiger partial charge in [0.1, 0.15) is 11.7 Å². The molecule has 10 nitrogen and oxygen atoms in total. The molecule has 3 N–H and O–H groups in total. The van der Waals surface area contributed by atoms with Crippen LogP contribution in [0.2, 0.25) is 0 Å². The normalized spacial score (nSPS) is 15.5. The topological polar surface area (TPSA) is 122 Å². The largest absolute Gasteiger partial charge is 0.395 e. The maximum absolute atomic E-state index is 12.8. The van der Waals surface area contributed by atoms with E-state index in [2.05, 4.69) is 59.0 Å². The van der Waals surface area contributed by atoms with Gasteiger partial charge in [0.15, 0.2) is 5.82 Å². The molecule has 0 radical (unpaired) electrons. The Morgan fingerprint density at radius 3 is 2.78 bits per heavy atom. The molecular weight excluding hydrogens is 524 g/mol. The van der Waals surface area contributed by atoms with E-state index in [1.807, 2.05) is 25.2 Å². The molecule has 190 valence electrons. The average molecular weight is 555 g/mol. The molecule has 11 heteroatoms. The molecule has 2 aromatic rings. The number of β-amino-alcohol motifs (C(OH)–C–C–N with tert-alkyl or cyclic N) is 1. The molecule has 1 fully saturated rings. The van der Waals surface area contributed by atoms with Crippen LogP contribution in [0.3, 0.4) is 0 Å². The van der Waals surface area contributed by atoms with Crippen LogP contribution in [0.1, 0.15) is 19.9 Å². The second kappa shape index (κ2) is 13.0. The first-order chi connectivity index (χ1) is 17.4. The van der Waals surface area contributed by atoms with Crippen molar-refractivity contribution in [1.29, 1.82) is 5.26 Å². The summed E-state index contributed by atoms with van der Waals surface area (Å²) in [5, 5.41) is 24.5. The van der Waals surface area contributed by atoms with E-state index in [4.69, 9.17) is 10.4 Å². The number of allylic oxidation sites excluding steroid dienone is 3. The number of hydrogen-bond acceptors (Lipinski definition) is 9. The fraction of sp³-hybridized carbons (Fsp3) is 0.360. The van der Waals surface area contributed by atoms with Gasteiger partial charge in [0.05, 0.1) is 17.1 Å². The van der Waals surface area contributed by atoms with Crippen LogP contribution in [0.25, 0.3) is 0 Å². The number of nitriles is 1. The molecule has 0 bridgehead atoms. The Hall–Kier alpha value is -3.46. The summed E-state index contributed by atoms with van der Waals surface area (Å²) in [6, 6.07) is 4.82. The summed E-state index contributed by atoms with van der Waals surface area (Å²) in [4.78, 5) is 26.0. The predicted octanol–water partition coefficient (Wildman–Crippen LogP) is 3.22. The summed E-state index contributed by atoms with van der Waals surface area (Å²) in [6.07, 6.45) is 8.95. The van der Waals surface area contributed by atoms with E-state index in [0.717, 1.165) is 37.6 Å². The lowest BCUT2D eigenvalue weighted by atomic mass is 10.2. The van der Waals surface area contributed by atoms with Crippen molar-refractivity contribution in [2.24, 2.45) is 0 Å². The average Bonchev–Trinajstić information content (AvgIpc) is 2.89. The number of nitrogens with zero attached hydrogens (tertiary/aromatic N) is 6. The molecule has 0 spiro atoms. The molecule has 1 aliphatic heterocycles. The van der Waals surface area contributed by atoms with E-state index in [9.17, 15) is 4.79 Å². The van der Waals surface area contributed by atoms with Crippen LogP contribution in [-0.2, 0) is 0 Å². The van der Waals surface area contributed by atoms with Gasteiger partial charge >= 0.3 is 0 Å². The lowest BCUT2D eigenvalue weighted by Crippen LogP contribution is -2.46. The molecule has 2 aromatic heterocycles. The quantitative estimate of drug-likeness (QED) is 0.380. The minimum Gasteiger partial charge on any atom is -0.395 e. The Morgan fingerprint density at radius 2 is 2.11 bits per heavy atom. The zero-order valence-corrected chi connectivity index (χ0v) is 22.1. The van der Waals surface area contributed by atoms with Crippen molar-refractivity contribution in [3.8, 4) is 6.07 Å². The Labute approximate surface area is 219 Å². The highest BCUT2D eigenvalue weighted by Gasteiger charge is 2.16. The second-order valence-electron chi connectivity index (χ2n) is 8.20. The van der Waals surface area contributed by atoms with E-state index >= 15 is 0 Å². The van der Waals surface area contributed by atoms with Gasteiger partial charge in [-0.1, -0.05) is 12.7 Å². The van der Waals surface area contributed by atoms with Gasteiger partial charge in [0.2, 0.25) is 5.95 Å². The van der Waals surface area contributed by atoms with Crippen LogP contribution in [-0.4, -0.2) is 68.8 Å². The number of aliphatic hydroxyl groups is 1. The SMILES string of the molecule is C=C(/C=C\C(=C/C)Nc1ncc(Br)c(Nc2cccn([C@H](C)C#N)c2=O)n1)N1CCN(CCO)CC1. The summed E-state index contributed by atoms with van der Waals surface area (Å²) in [6.45, 7) is 12.1. The number of pyridine rings is 1. The standard InChI is InChI=1S/C25H31BrN8O2/c1-4-20(8-7-18(2)33-12-10-32(11-13-33)14-15-35)29-25-28-17-21(26)23(31-25)30-22-6-5-9-34(24(22)36)19(3)16-27/h4-9,17,19,35H,2,10-15H2,1,3H3,(H2,28,29,30,31)/b8-7-,20-4+/t19-/m1/s1. The first-order valence-electron chi connectivity index (χ1n) is 11.6. The Morgan fingerprint density at radius 1 is 1.36 bits per heavy atom. The van der Waals surface area contributed by atoms with Crippen LogP contribution in [0.4, 0.5) is 17.5 Å². The van der Waals surface area contributed by atoms with Crippen LogP contribution < -0.4 is 16.2 Å². The molecule has 1 atom stereocenters. The molecule has 0 amide bonds. The van der Waals surface area contributed by atoms with Gasteiger partial charge in [-0.2, -0.15) is 10.2 Å². The Balaban J connectivity index is 1.68. The first kappa shape index (κ1) is 27.1. The van der Waals surface area contributed by atoms with Gasteiger partial charge in [-0.05, 0) is 54.1 Å². The monoisotopic (exact) mass is 554 g/mol.